The van der Waals surface area contributed by atoms with E-state index in [1.165, 1.54) is 150 Å². The Morgan fingerprint density at radius 3 is 0.784 bits per heavy atom. The zero-order valence-electron chi connectivity index (χ0n) is 56.0. The predicted octanol–water partition coefficient (Wildman–Crippen LogP) is 27.3. The molecule has 97 heavy (non-hydrogen) atoms. The van der Waals surface area contributed by atoms with Crippen LogP contribution in [0, 0.1) is 34.6 Å². The summed E-state index contributed by atoms with van der Waals surface area (Å²) < 4.78 is 0. The Morgan fingerprint density at radius 1 is 0.124 bits per heavy atom. The quantitative estimate of drug-likeness (QED) is 0.135. The summed E-state index contributed by atoms with van der Waals surface area (Å²) in [6.07, 6.45) is 0. The Morgan fingerprint density at radius 2 is 0.351 bits per heavy atom. The van der Waals surface area contributed by atoms with Crippen LogP contribution in [0.1, 0.15) is 27.8 Å². The van der Waals surface area contributed by atoms with Crippen molar-refractivity contribution in [3.05, 3.63) is 422 Å². The number of hydrogen-bond acceptors (Lipinski definition) is 0. The maximum atomic E-state index is 2.25. The number of benzene rings is 16. The molecule has 0 fully saturated rings. The average molecular weight is 1250 g/mol. The van der Waals surface area contributed by atoms with Crippen molar-refractivity contribution in [2.45, 2.75) is 34.6 Å². The van der Waals surface area contributed by atoms with Gasteiger partial charge in [0.15, 0.2) is 0 Å². The maximum Gasteiger partial charge on any atom is -0.0105 e. The van der Waals surface area contributed by atoms with E-state index in [-0.39, 0.29) is 0 Å². The summed E-state index contributed by atoms with van der Waals surface area (Å²) in [6, 6.07) is 140. The van der Waals surface area contributed by atoms with Crippen LogP contribution in [0.4, 0.5) is 0 Å². The lowest BCUT2D eigenvalue weighted by atomic mass is 9.94. The van der Waals surface area contributed by atoms with Gasteiger partial charge in [0.2, 0.25) is 0 Å². The van der Waals surface area contributed by atoms with Crippen LogP contribution in [0.25, 0.3) is 122 Å². The Labute approximate surface area is 574 Å². The molecule has 0 saturated heterocycles. The average Bonchev–Trinajstić information content (AvgIpc) is 1.17. The first-order valence-electron chi connectivity index (χ1n) is 33.5. The highest BCUT2D eigenvalue weighted by Gasteiger charge is 2.09. The van der Waals surface area contributed by atoms with Gasteiger partial charge in [-0.3, -0.25) is 0 Å². The number of rotatable bonds is 9. The van der Waals surface area contributed by atoms with Crippen molar-refractivity contribution in [2.75, 3.05) is 0 Å². The molecule has 468 valence electrons. The van der Waals surface area contributed by atoms with Gasteiger partial charge < -0.3 is 0 Å². The molecule has 0 aliphatic carbocycles. The van der Waals surface area contributed by atoms with E-state index >= 15 is 0 Å². The second-order valence-corrected chi connectivity index (χ2v) is 24.8. The van der Waals surface area contributed by atoms with Crippen LogP contribution in [-0.4, -0.2) is 0 Å². The van der Waals surface area contributed by atoms with Crippen molar-refractivity contribution < 1.29 is 0 Å². The largest absolute Gasteiger partial charge is 0.0622 e. The normalized spacial score (nSPS) is 10.5. The highest BCUT2D eigenvalue weighted by molar-refractivity contribution is 5.97. The summed E-state index contributed by atoms with van der Waals surface area (Å²) in [5.74, 6) is 0. The monoisotopic (exact) mass is 1240 g/mol. The van der Waals surface area contributed by atoms with E-state index in [4.69, 9.17) is 0 Å². The van der Waals surface area contributed by atoms with Crippen LogP contribution in [-0.2, 0) is 0 Å². The minimum Gasteiger partial charge on any atom is -0.0622 e. The van der Waals surface area contributed by atoms with Crippen LogP contribution >= 0.6 is 0 Å². The van der Waals surface area contributed by atoms with Crippen molar-refractivity contribution >= 4 is 21.5 Å². The highest BCUT2D eigenvalue weighted by atomic mass is 14.1. The van der Waals surface area contributed by atoms with E-state index in [1.807, 2.05) is 12.1 Å². The number of aryl methyl sites for hydroxylation is 5. The minimum absolute atomic E-state index is 1.26. The minimum atomic E-state index is 1.26. The Kier molecular flexibility index (Phi) is 21.7. The number of fused-ring (bicyclic) bond motifs is 2. The summed E-state index contributed by atoms with van der Waals surface area (Å²) in [5, 5.41) is 5.18. The standard InChI is InChI=1S/C23H18.3C19H16.C17H14/c1-17-9-11-18(12-10-17)19-13-15-21(16-14-19)23-8-4-6-20-5-2-3-7-22(20)23;1-15-11-13-17(14-12-15)19-10-6-5-9-18(19)16-7-3-2-4-8-16;1-15-10-12-17(13-11-15)19-9-5-8-18(14-19)16-6-3-2-4-7-16;1-15-7-9-17(10-8-15)19-13-11-18(12-14-19)16-5-3-2-4-6-16;1-13-6-8-15(9-7-13)17-11-10-14-4-2-3-5-16(14)12-17/h2-16H,1H3;3*2-14H,1H3;2-12H,1H3. The molecule has 16 aromatic carbocycles. The molecule has 16 aromatic rings. The van der Waals surface area contributed by atoms with E-state index in [0.717, 1.165) is 0 Å². The lowest BCUT2D eigenvalue weighted by Crippen LogP contribution is -1.84. The Hall–Kier alpha value is -12.0. The zero-order chi connectivity index (χ0) is 66.6. The number of hydrogen-bond donors (Lipinski definition) is 0. The third-order valence-electron chi connectivity index (χ3n) is 17.6. The molecular weight excluding hydrogens is 1170 g/mol. The molecule has 0 radical (unpaired) electrons. The van der Waals surface area contributed by atoms with Gasteiger partial charge in [-0.2, -0.15) is 0 Å². The van der Waals surface area contributed by atoms with Crippen LogP contribution in [0.5, 0.6) is 0 Å². The molecule has 16 rings (SSSR count). The van der Waals surface area contributed by atoms with Crippen molar-refractivity contribution in [3.63, 3.8) is 0 Å². The molecule has 0 aliphatic rings. The predicted molar refractivity (Wildman–Crippen MR) is 420 cm³/mol. The van der Waals surface area contributed by atoms with Crippen molar-refractivity contribution in [1.82, 2.24) is 0 Å². The van der Waals surface area contributed by atoms with Crippen LogP contribution in [0.3, 0.4) is 0 Å². The van der Waals surface area contributed by atoms with Gasteiger partial charge in [-0.25, -0.2) is 0 Å². The molecule has 0 unspecified atom stereocenters. The van der Waals surface area contributed by atoms with Gasteiger partial charge >= 0.3 is 0 Å². The van der Waals surface area contributed by atoms with Gasteiger partial charge in [0, 0.05) is 0 Å². The van der Waals surface area contributed by atoms with Gasteiger partial charge in [0.1, 0.15) is 0 Å². The van der Waals surface area contributed by atoms with Crippen LogP contribution in [0.2, 0.25) is 0 Å². The van der Waals surface area contributed by atoms with Crippen molar-refractivity contribution in [1.29, 1.82) is 0 Å². The first-order valence-corrected chi connectivity index (χ1v) is 33.5. The Balaban J connectivity index is 0.000000116. The molecule has 0 heterocycles. The Bertz CT molecular complexity index is 5080. The molecule has 0 saturated carbocycles. The molecule has 0 nitrogen and oxygen atoms in total. The third-order valence-corrected chi connectivity index (χ3v) is 17.6. The highest BCUT2D eigenvalue weighted by Crippen LogP contribution is 2.34. The topological polar surface area (TPSA) is 0 Å². The summed E-state index contributed by atoms with van der Waals surface area (Å²) >= 11 is 0. The lowest BCUT2D eigenvalue weighted by molar-refractivity contribution is 1.47. The van der Waals surface area contributed by atoms with E-state index in [2.05, 4.69) is 417 Å². The van der Waals surface area contributed by atoms with Gasteiger partial charge in [0.25, 0.3) is 0 Å². The van der Waals surface area contributed by atoms with Gasteiger partial charge in [-0.15, -0.1) is 0 Å². The lowest BCUT2D eigenvalue weighted by Gasteiger charge is -2.10. The second kappa shape index (κ2) is 32.3. The molecular formula is C97H80. The maximum absolute atomic E-state index is 2.25. The van der Waals surface area contributed by atoms with E-state index in [1.54, 1.807) is 0 Å². The molecule has 0 aliphatic heterocycles. The summed E-state index contributed by atoms with van der Waals surface area (Å²) in [4.78, 5) is 0. The third kappa shape index (κ3) is 17.5. The fourth-order valence-electron chi connectivity index (χ4n) is 12.0. The molecule has 0 spiro atoms. The van der Waals surface area contributed by atoms with Crippen LogP contribution < -0.4 is 0 Å². The van der Waals surface area contributed by atoms with Gasteiger partial charge in [0.05, 0.1) is 0 Å². The van der Waals surface area contributed by atoms with E-state index < -0.39 is 0 Å². The van der Waals surface area contributed by atoms with Crippen LogP contribution in [0.15, 0.2) is 394 Å². The van der Waals surface area contributed by atoms with Crippen molar-refractivity contribution in [2.24, 2.45) is 0 Å². The summed E-state index contributed by atoms with van der Waals surface area (Å²) in [7, 11) is 0. The fourth-order valence-corrected chi connectivity index (χ4v) is 12.0. The van der Waals surface area contributed by atoms with Gasteiger partial charge in [-0.05, 0) is 168 Å². The SMILES string of the molecule is Cc1ccc(-c2ccc(-c3cccc4ccccc34)cc2)cc1.Cc1ccc(-c2ccc(-c3ccccc3)cc2)cc1.Cc1ccc(-c2ccc3ccccc3c2)cc1.Cc1ccc(-c2cccc(-c3ccccc3)c2)cc1.Cc1ccc(-c2ccccc2-c2ccccc2)cc1. The first kappa shape index (κ1) is 65.1. The molecule has 0 amide bonds. The van der Waals surface area contributed by atoms with Gasteiger partial charge in [-0.1, -0.05) is 410 Å². The van der Waals surface area contributed by atoms with E-state index in [9.17, 15) is 0 Å². The van der Waals surface area contributed by atoms with E-state index in [0.29, 0.717) is 0 Å². The molecule has 0 atom stereocenters. The fraction of sp³-hybridized carbons (Fsp3) is 0.0515. The molecule has 0 aromatic heterocycles. The zero-order valence-corrected chi connectivity index (χ0v) is 56.0. The smallest absolute Gasteiger partial charge is 0.0105 e. The molecule has 0 bridgehead atoms. The summed E-state index contributed by atoms with van der Waals surface area (Å²) in [5.41, 5.74) is 29.3. The molecule has 0 heteroatoms. The second-order valence-electron chi connectivity index (χ2n) is 24.8. The molecule has 0 N–H and O–H groups in total. The summed E-state index contributed by atoms with van der Waals surface area (Å²) in [6.45, 7) is 10.6. The first-order chi connectivity index (χ1) is 47.6. The van der Waals surface area contributed by atoms with Crippen molar-refractivity contribution in [3.8, 4) is 100 Å².